The van der Waals surface area contributed by atoms with Crippen LogP contribution in [0.15, 0.2) is 18.2 Å². The summed E-state index contributed by atoms with van der Waals surface area (Å²) < 4.78 is 5.11. The van der Waals surface area contributed by atoms with Gasteiger partial charge in [-0.25, -0.2) is 0 Å². The quantitative estimate of drug-likeness (QED) is 0.813. The Morgan fingerprint density at radius 3 is 2.74 bits per heavy atom. The van der Waals surface area contributed by atoms with Crippen molar-refractivity contribution in [2.24, 2.45) is 17.8 Å². The maximum Gasteiger partial charge on any atom is 0.223 e. The summed E-state index contributed by atoms with van der Waals surface area (Å²) in [5.41, 5.74) is 7.46. The summed E-state index contributed by atoms with van der Waals surface area (Å²) in [5, 5.41) is 3.01. The highest BCUT2D eigenvalue weighted by Gasteiger charge is 2.47. The van der Waals surface area contributed by atoms with E-state index in [1.54, 1.807) is 7.11 Å². The first-order valence-corrected chi connectivity index (χ1v) is 6.87. The first kappa shape index (κ1) is 12.3. The molecule has 1 amide bonds. The van der Waals surface area contributed by atoms with Crippen LogP contribution in [0.5, 0.6) is 5.75 Å². The number of hydrogen-bond donors (Lipinski definition) is 2. The average Bonchev–Trinajstić information content (AvgIpc) is 3.02. The molecule has 1 aromatic carbocycles. The fourth-order valence-corrected chi connectivity index (χ4v) is 3.16. The molecule has 3 N–H and O–H groups in total. The summed E-state index contributed by atoms with van der Waals surface area (Å²) in [6, 6.07) is 5.62. The van der Waals surface area contributed by atoms with Gasteiger partial charge < -0.3 is 15.8 Å². The molecule has 0 aromatic heterocycles. The molecule has 2 atom stereocenters. The molecule has 0 saturated heterocycles. The van der Waals surface area contributed by atoms with Crippen LogP contribution in [0.3, 0.4) is 0 Å². The molecule has 3 rings (SSSR count). The van der Waals surface area contributed by atoms with Crippen LogP contribution in [0.25, 0.3) is 0 Å². The number of amides is 1. The third-order valence-corrected chi connectivity index (χ3v) is 4.38. The summed E-state index contributed by atoms with van der Waals surface area (Å²) in [4.78, 5) is 12.0. The largest absolute Gasteiger partial charge is 0.495 e. The summed E-state index contributed by atoms with van der Waals surface area (Å²) in [6.45, 7) is 0.541. The van der Waals surface area contributed by atoms with E-state index in [0.717, 1.165) is 30.2 Å². The van der Waals surface area contributed by atoms with Crippen LogP contribution in [0.4, 0.5) is 5.69 Å². The molecule has 4 nitrogen and oxygen atoms in total. The summed E-state index contributed by atoms with van der Waals surface area (Å²) in [6.07, 6.45) is 3.52. The monoisotopic (exact) mass is 260 g/mol. The molecular weight excluding hydrogens is 240 g/mol. The number of anilines is 1. The van der Waals surface area contributed by atoms with Gasteiger partial charge in [-0.15, -0.1) is 0 Å². The fraction of sp³-hybridized carbons (Fsp3) is 0.533. The lowest BCUT2D eigenvalue weighted by atomic mass is 10.0. The van der Waals surface area contributed by atoms with Gasteiger partial charge in [0, 0.05) is 12.5 Å². The van der Waals surface area contributed by atoms with E-state index >= 15 is 0 Å². The van der Waals surface area contributed by atoms with Gasteiger partial charge in [-0.1, -0.05) is 6.07 Å². The average molecular weight is 260 g/mol. The molecule has 0 aliphatic heterocycles. The van der Waals surface area contributed by atoms with Gasteiger partial charge in [0.1, 0.15) is 5.75 Å². The van der Waals surface area contributed by atoms with E-state index in [9.17, 15) is 4.79 Å². The number of benzene rings is 1. The highest BCUT2D eigenvalue weighted by molar-refractivity contribution is 5.79. The molecule has 2 saturated carbocycles. The van der Waals surface area contributed by atoms with Gasteiger partial charge >= 0.3 is 0 Å². The lowest BCUT2D eigenvalue weighted by Crippen LogP contribution is -2.29. The normalized spacial score (nSPS) is 27.7. The molecule has 0 spiro atoms. The Morgan fingerprint density at radius 2 is 2.11 bits per heavy atom. The van der Waals surface area contributed by atoms with Crippen molar-refractivity contribution in [3.05, 3.63) is 23.8 Å². The fourth-order valence-electron chi connectivity index (χ4n) is 3.16. The van der Waals surface area contributed by atoms with Gasteiger partial charge in [0.25, 0.3) is 0 Å². The summed E-state index contributed by atoms with van der Waals surface area (Å²) in [7, 11) is 1.60. The molecule has 19 heavy (non-hydrogen) atoms. The predicted molar refractivity (Wildman–Crippen MR) is 73.6 cm³/mol. The van der Waals surface area contributed by atoms with E-state index in [1.165, 1.54) is 6.42 Å². The number of fused-ring (bicyclic) bond motifs is 1. The van der Waals surface area contributed by atoms with E-state index in [-0.39, 0.29) is 11.8 Å². The van der Waals surface area contributed by atoms with E-state index in [1.807, 2.05) is 18.2 Å². The van der Waals surface area contributed by atoms with Crippen LogP contribution in [0, 0.1) is 17.8 Å². The molecule has 0 heterocycles. The number of carbonyl (C=O) groups excluding carboxylic acids is 1. The van der Waals surface area contributed by atoms with Crippen molar-refractivity contribution in [3.8, 4) is 5.75 Å². The first-order valence-electron chi connectivity index (χ1n) is 6.87. The lowest BCUT2D eigenvalue weighted by molar-refractivity contribution is -0.125. The van der Waals surface area contributed by atoms with E-state index in [0.29, 0.717) is 18.0 Å². The van der Waals surface area contributed by atoms with Crippen molar-refractivity contribution in [1.29, 1.82) is 0 Å². The number of rotatable bonds is 4. The van der Waals surface area contributed by atoms with Crippen molar-refractivity contribution in [2.75, 3.05) is 12.8 Å². The number of ether oxygens (including phenoxy) is 1. The third-order valence-electron chi connectivity index (χ3n) is 4.38. The molecule has 4 heteroatoms. The van der Waals surface area contributed by atoms with Crippen molar-refractivity contribution in [1.82, 2.24) is 5.32 Å². The highest BCUT2D eigenvalue weighted by atomic mass is 16.5. The second kappa shape index (κ2) is 4.76. The number of hydrogen-bond acceptors (Lipinski definition) is 3. The van der Waals surface area contributed by atoms with Gasteiger partial charge in [0.2, 0.25) is 5.91 Å². The van der Waals surface area contributed by atoms with Crippen LogP contribution in [-0.2, 0) is 11.3 Å². The van der Waals surface area contributed by atoms with Crippen molar-refractivity contribution >= 4 is 11.6 Å². The zero-order chi connectivity index (χ0) is 13.4. The van der Waals surface area contributed by atoms with Gasteiger partial charge in [-0.3, -0.25) is 4.79 Å². The van der Waals surface area contributed by atoms with Crippen molar-refractivity contribution in [3.63, 3.8) is 0 Å². The second-order valence-electron chi connectivity index (χ2n) is 5.72. The molecule has 102 valence electrons. The Hall–Kier alpha value is -1.71. The van der Waals surface area contributed by atoms with Crippen LogP contribution >= 0.6 is 0 Å². The molecule has 2 aliphatic carbocycles. The summed E-state index contributed by atoms with van der Waals surface area (Å²) in [5.74, 6) is 2.78. The molecule has 0 bridgehead atoms. The van der Waals surface area contributed by atoms with Crippen LogP contribution < -0.4 is 15.8 Å². The van der Waals surface area contributed by atoms with E-state index in [4.69, 9.17) is 10.5 Å². The van der Waals surface area contributed by atoms with E-state index < -0.39 is 0 Å². The van der Waals surface area contributed by atoms with Gasteiger partial charge in [-0.2, -0.15) is 0 Å². The number of nitrogens with one attached hydrogen (secondary N) is 1. The minimum Gasteiger partial charge on any atom is -0.495 e. The minimum absolute atomic E-state index is 0.196. The number of nitrogen functional groups attached to an aromatic ring is 1. The smallest absolute Gasteiger partial charge is 0.223 e. The van der Waals surface area contributed by atoms with E-state index in [2.05, 4.69) is 5.32 Å². The van der Waals surface area contributed by atoms with Gasteiger partial charge in [0.05, 0.1) is 12.8 Å². The zero-order valence-electron chi connectivity index (χ0n) is 11.2. The molecule has 2 fully saturated rings. The summed E-state index contributed by atoms with van der Waals surface area (Å²) >= 11 is 0. The third kappa shape index (κ3) is 2.53. The number of carbonyl (C=O) groups is 1. The van der Waals surface area contributed by atoms with Crippen LogP contribution in [-0.4, -0.2) is 13.0 Å². The molecular formula is C15H20N2O2. The SMILES string of the molecule is COc1ccc(CNC(=O)C2CC3CC3C2)cc1N. The van der Waals surface area contributed by atoms with Crippen molar-refractivity contribution in [2.45, 2.75) is 25.8 Å². The Balaban J connectivity index is 1.54. The lowest BCUT2D eigenvalue weighted by Gasteiger charge is -2.13. The molecule has 2 unspecified atom stereocenters. The first-order chi connectivity index (χ1) is 9.17. The maximum atomic E-state index is 12.0. The minimum atomic E-state index is 0.196. The molecule has 0 radical (unpaired) electrons. The Labute approximate surface area is 113 Å². The molecule has 2 aliphatic rings. The Bertz CT molecular complexity index is 491. The zero-order valence-corrected chi connectivity index (χ0v) is 11.2. The second-order valence-corrected chi connectivity index (χ2v) is 5.72. The number of nitrogens with two attached hydrogens (primary N) is 1. The van der Waals surface area contributed by atoms with Crippen molar-refractivity contribution < 1.29 is 9.53 Å². The van der Waals surface area contributed by atoms with Crippen LogP contribution in [0.1, 0.15) is 24.8 Å². The topological polar surface area (TPSA) is 64.3 Å². The highest BCUT2D eigenvalue weighted by Crippen LogP contribution is 2.54. The molecule has 1 aromatic rings. The van der Waals surface area contributed by atoms with Gasteiger partial charge in [-0.05, 0) is 48.8 Å². The predicted octanol–water partition coefficient (Wildman–Crippen LogP) is 1.94. The van der Waals surface area contributed by atoms with Gasteiger partial charge in [0.15, 0.2) is 0 Å². The maximum absolute atomic E-state index is 12.0. The van der Waals surface area contributed by atoms with Crippen LogP contribution in [0.2, 0.25) is 0 Å². The Morgan fingerprint density at radius 1 is 1.37 bits per heavy atom. The number of methoxy groups -OCH3 is 1. The Kier molecular flexibility index (Phi) is 3.09. The standard InChI is InChI=1S/C15H20N2O2/c1-19-14-3-2-9(4-13(14)16)8-17-15(18)12-6-10-5-11(10)7-12/h2-4,10-12H,5-8,16H2,1H3,(H,17,18).